The lowest BCUT2D eigenvalue weighted by Crippen LogP contribution is -1.98. The Hall–Kier alpha value is -0.0400. The molecule has 0 aromatic heterocycles. The van der Waals surface area contributed by atoms with E-state index in [1.807, 2.05) is 0 Å². The predicted molar refractivity (Wildman–Crippen MR) is 25.7 cm³/mol. The average molecular weight is 84.1 g/mol. The van der Waals surface area contributed by atoms with Gasteiger partial charge in [0.15, 0.2) is 0 Å². The molecule has 0 aliphatic carbocycles. The second kappa shape index (κ2) is 0.784. The van der Waals surface area contributed by atoms with E-state index in [-0.39, 0.29) is 0 Å². The highest BCUT2D eigenvalue weighted by Gasteiger charge is 2.42. The van der Waals surface area contributed by atoms with Gasteiger partial charge >= 0.3 is 0 Å². The number of hydrogen-bond acceptors (Lipinski definition) is 0. The zero-order valence-corrected chi connectivity index (χ0v) is 4.52. The van der Waals surface area contributed by atoms with E-state index in [0.717, 1.165) is 0 Å². The van der Waals surface area contributed by atoms with E-state index in [4.69, 9.17) is 0 Å². The van der Waals surface area contributed by atoms with Gasteiger partial charge in [-0.3, -0.25) is 0 Å². The van der Waals surface area contributed by atoms with Crippen LogP contribution in [0.1, 0.15) is 20.8 Å². The molecule has 1 rings (SSSR count). The summed E-state index contributed by atoms with van der Waals surface area (Å²) in [4.78, 5) is 0. The lowest BCUT2D eigenvalue weighted by atomic mass is 10.2. The van der Waals surface area contributed by atoms with Gasteiger partial charge in [-0.2, -0.15) is 0 Å². The van der Waals surface area contributed by atoms with Crippen molar-refractivity contribution in [3.63, 3.8) is 0 Å². The van der Waals surface area contributed by atoms with Crippen molar-refractivity contribution in [3.8, 4) is 0 Å². The maximum Gasteiger partial charge on any atom is 0.0471 e. The molecule has 1 radical (unpaired) electrons. The first-order valence-electron chi connectivity index (χ1n) is 2.35. The smallest absolute Gasteiger partial charge is 0.0471 e. The highest BCUT2D eigenvalue weighted by molar-refractivity contribution is 5.03. The van der Waals surface area contributed by atoms with Crippen molar-refractivity contribution in [2.24, 2.45) is 0 Å². The van der Waals surface area contributed by atoms with Crippen LogP contribution in [0, 0.1) is 0 Å². The summed E-state index contributed by atoms with van der Waals surface area (Å²) in [7, 11) is 0. The van der Waals surface area contributed by atoms with Crippen LogP contribution in [0.25, 0.3) is 0 Å². The van der Waals surface area contributed by atoms with Crippen LogP contribution >= 0.6 is 0 Å². The molecule has 0 aromatic carbocycles. The fourth-order valence-electron chi connectivity index (χ4n) is 0.462. The maximum atomic E-state index is 4.19. The lowest BCUT2D eigenvalue weighted by molar-refractivity contribution is 0.754. The largest absolute Gasteiger partial charge is 0.229 e. The summed E-state index contributed by atoms with van der Waals surface area (Å²) in [5, 5.41) is 4.19. The van der Waals surface area contributed by atoms with Crippen LogP contribution in [-0.2, 0) is 0 Å². The monoisotopic (exact) mass is 84.1 g/mol. The molecule has 1 fully saturated rings. The quantitative estimate of drug-likeness (QED) is 0.385. The Kier molecular flexibility index (Phi) is 0.539. The number of nitrogens with zero attached hydrogens (tertiary/aromatic N) is 1. The Morgan fingerprint density at radius 3 is 1.67 bits per heavy atom. The molecule has 0 spiro atoms. The van der Waals surface area contributed by atoms with Crippen molar-refractivity contribution in [2.75, 3.05) is 0 Å². The summed E-state index contributed by atoms with van der Waals surface area (Å²) in [6, 6.07) is 0.623. The molecule has 1 heteroatoms. The highest BCUT2D eigenvalue weighted by atomic mass is 15.2. The zero-order chi connectivity index (χ0) is 4.78. The molecule has 1 nitrogen and oxygen atoms in total. The molecule has 1 aliphatic heterocycles. The van der Waals surface area contributed by atoms with Crippen LogP contribution in [0.5, 0.6) is 0 Å². The summed E-state index contributed by atoms with van der Waals surface area (Å²) in [6.45, 7) is 6.44. The standard InChI is InChI=1S/C5H10N/c1-4-5(2,3)6-4/h4H,1-3H3. The Bertz CT molecular complexity index is 66.3. The van der Waals surface area contributed by atoms with Gasteiger partial charge < -0.3 is 0 Å². The van der Waals surface area contributed by atoms with Crippen molar-refractivity contribution in [2.45, 2.75) is 32.4 Å². The van der Waals surface area contributed by atoms with E-state index >= 15 is 0 Å². The van der Waals surface area contributed by atoms with Crippen LogP contribution < -0.4 is 5.32 Å². The Balaban J connectivity index is 2.41. The van der Waals surface area contributed by atoms with Crippen molar-refractivity contribution in [1.82, 2.24) is 5.32 Å². The summed E-state index contributed by atoms with van der Waals surface area (Å²) < 4.78 is 0. The van der Waals surface area contributed by atoms with E-state index < -0.39 is 0 Å². The normalized spacial score (nSPS) is 39.5. The molecule has 1 heterocycles. The van der Waals surface area contributed by atoms with Gasteiger partial charge in [-0.25, -0.2) is 5.32 Å². The highest BCUT2D eigenvalue weighted by Crippen LogP contribution is 2.26. The third-order valence-electron chi connectivity index (χ3n) is 1.48. The Morgan fingerprint density at radius 1 is 1.50 bits per heavy atom. The average Bonchev–Trinajstić information content (AvgIpc) is 1.73. The van der Waals surface area contributed by atoms with Gasteiger partial charge in [0.2, 0.25) is 0 Å². The molecule has 0 bridgehead atoms. The molecule has 0 N–H and O–H groups in total. The third-order valence-corrected chi connectivity index (χ3v) is 1.48. The molecular weight excluding hydrogens is 74.1 g/mol. The van der Waals surface area contributed by atoms with Crippen molar-refractivity contribution in [1.29, 1.82) is 0 Å². The van der Waals surface area contributed by atoms with Gasteiger partial charge in [0.05, 0.1) is 0 Å². The van der Waals surface area contributed by atoms with Gasteiger partial charge in [0.25, 0.3) is 0 Å². The predicted octanol–water partition coefficient (Wildman–Crippen LogP) is 0.771. The summed E-state index contributed by atoms with van der Waals surface area (Å²) in [5.41, 5.74) is 0.333. The first-order chi connectivity index (χ1) is 2.63. The maximum absolute atomic E-state index is 4.19. The first kappa shape index (κ1) is 4.13. The van der Waals surface area contributed by atoms with Gasteiger partial charge in [0, 0.05) is 11.6 Å². The fraction of sp³-hybridized carbons (Fsp3) is 1.00. The lowest BCUT2D eigenvalue weighted by Gasteiger charge is -1.86. The minimum absolute atomic E-state index is 0.333. The second-order valence-electron chi connectivity index (χ2n) is 2.46. The summed E-state index contributed by atoms with van der Waals surface area (Å²) in [6.07, 6.45) is 0. The third kappa shape index (κ3) is 0.432. The van der Waals surface area contributed by atoms with E-state index in [2.05, 4.69) is 26.1 Å². The molecule has 35 valence electrons. The van der Waals surface area contributed by atoms with Crippen LogP contribution in [0.3, 0.4) is 0 Å². The molecule has 6 heavy (non-hydrogen) atoms. The van der Waals surface area contributed by atoms with E-state index in [0.29, 0.717) is 11.6 Å². The number of rotatable bonds is 0. The van der Waals surface area contributed by atoms with E-state index in [9.17, 15) is 0 Å². The molecule has 0 amide bonds. The van der Waals surface area contributed by atoms with Crippen molar-refractivity contribution >= 4 is 0 Å². The Labute approximate surface area is 38.7 Å². The summed E-state index contributed by atoms with van der Waals surface area (Å²) in [5.74, 6) is 0. The second-order valence-corrected chi connectivity index (χ2v) is 2.46. The van der Waals surface area contributed by atoms with Crippen LogP contribution in [0.2, 0.25) is 0 Å². The van der Waals surface area contributed by atoms with Crippen LogP contribution in [0.4, 0.5) is 0 Å². The van der Waals surface area contributed by atoms with Crippen LogP contribution in [0.15, 0.2) is 0 Å². The van der Waals surface area contributed by atoms with Crippen LogP contribution in [-0.4, -0.2) is 11.6 Å². The van der Waals surface area contributed by atoms with Gasteiger partial charge in [-0.1, -0.05) is 0 Å². The molecule has 1 unspecified atom stereocenters. The van der Waals surface area contributed by atoms with Crippen molar-refractivity contribution < 1.29 is 0 Å². The number of hydrogen-bond donors (Lipinski definition) is 0. The minimum Gasteiger partial charge on any atom is -0.229 e. The van der Waals surface area contributed by atoms with E-state index in [1.54, 1.807) is 0 Å². The van der Waals surface area contributed by atoms with Crippen molar-refractivity contribution in [3.05, 3.63) is 0 Å². The van der Waals surface area contributed by atoms with Gasteiger partial charge in [0.1, 0.15) is 0 Å². The summed E-state index contributed by atoms with van der Waals surface area (Å²) >= 11 is 0. The zero-order valence-electron chi connectivity index (χ0n) is 4.52. The minimum atomic E-state index is 0.333. The molecule has 1 saturated heterocycles. The molecular formula is C5H10N. The molecule has 1 aliphatic rings. The first-order valence-corrected chi connectivity index (χ1v) is 2.35. The SMILES string of the molecule is CC1[N]C1(C)C. The fourth-order valence-corrected chi connectivity index (χ4v) is 0.462. The Morgan fingerprint density at radius 2 is 1.67 bits per heavy atom. The molecule has 1 atom stereocenters. The topological polar surface area (TPSA) is 14.1 Å². The molecule has 0 saturated carbocycles. The molecule has 0 aromatic rings. The van der Waals surface area contributed by atoms with Gasteiger partial charge in [-0.15, -0.1) is 0 Å². The van der Waals surface area contributed by atoms with E-state index in [1.165, 1.54) is 0 Å². The van der Waals surface area contributed by atoms with Gasteiger partial charge in [-0.05, 0) is 20.8 Å².